The maximum absolute atomic E-state index is 12.0. The standard InChI is InChI=1S/C10H18N2O6S/c1-11(3-4-13)10(16)12(6-9(14)15)8-2-5-19(17,18)7-8/h8,13H,2-7H2,1H3,(H,14,15). The van der Waals surface area contributed by atoms with Crippen molar-refractivity contribution in [3.8, 4) is 0 Å². The Morgan fingerprint density at radius 3 is 2.42 bits per heavy atom. The quantitative estimate of drug-likeness (QED) is 0.644. The van der Waals surface area contributed by atoms with E-state index in [-0.39, 0.29) is 31.1 Å². The molecule has 2 amide bonds. The number of aliphatic hydroxyl groups is 1. The van der Waals surface area contributed by atoms with E-state index in [1.54, 1.807) is 0 Å². The molecule has 110 valence electrons. The van der Waals surface area contributed by atoms with E-state index >= 15 is 0 Å². The van der Waals surface area contributed by atoms with E-state index in [2.05, 4.69) is 0 Å². The first-order valence-electron chi connectivity index (χ1n) is 5.81. The first-order chi connectivity index (χ1) is 8.76. The Balaban J connectivity index is 2.83. The van der Waals surface area contributed by atoms with Crippen molar-refractivity contribution in [3.63, 3.8) is 0 Å². The summed E-state index contributed by atoms with van der Waals surface area (Å²) in [6.45, 7) is -0.727. The SMILES string of the molecule is CN(CCO)C(=O)N(CC(=O)O)C1CCS(=O)(=O)C1. The van der Waals surface area contributed by atoms with Gasteiger partial charge in [0.15, 0.2) is 9.84 Å². The number of likely N-dealkylation sites (N-methyl/N-ethyl adjacent to an activating group) is 1. The molecular weight excluding hydrogens is 276 g/mol. The van der Waals surface area contributed by atoms with Crippen LogP contribution < -0.4 is 0 Å². The fourth-order valence-corrected chi connectivity index (χ4v) is 3.72. The predicted octanol–water partition coefficient (Wildman–Crippen LogP) is -1.40. The number of hydrogen-bond acceptors (Lipinski definition) is 5. The third kappa shape index (κ3) is 4.35. The first kappa shape index (κ1) is 15.7. The van der Waals surface area contributed by atoms with Crippen molar-refractivity contribution in [1.29, 1.82) is 0 Å². The summed E-state index contributed by atoms with van der Waals surface area (Å²) < 4.78 is 22.8. The Hall–Kier alpha value is -1.35. The normalized spacial score (nSPS) is 21.1. The average Bonchev–Trinajstić information content (AvgIpc) is 2.65. The van der Waals surface area contributed by atoms with Gasteiger partial charge in [0, 0.05) is 19.6 Å². The fourth-order valence-electron chi connectivity index (χ4n) is 1.98. The van der Waals surface area contributed by atoms with Crippen molar-refractivity contribution >= 4 is 21.8 Å². The van der Waals surface area contributed by atoms with Gasteiger partial charge in [0.25, 0.3) is 0 Å². The van der Waals surface area contributed by atoms with E-state index in [1.807, 2.05) is 0 Å². The lowest BCUT2D eigenvalue weighted by Gasteiger charge is -2.30. The third-order valence-corrected chi connectivity index (χ3v) is 4.71. The zero-order valence-electron chi connectivity index (χ0n) is 10.7. The molecule has 1 heterocycles. The highest BCUT2D eigenvalue weighted by atomic mass is 32.2. The molecule has 0 aliphatic carbocycles. The number of carboxylic acid groups (broad SMARTS) is 1. The topological polar surface area (TPSA) is 115 Å². The highest BCUT2D eigenvalue weighted by Crippen LogP contribution is 2.18. The average molecular weight is 294 g/mol. The molecule has 1 unspecified atom stereocenters. The highest BCUT2D eigenvalue weighted by molar-refractivity contribution is 7.91. The fraction of sp³-hybridized carbons (Fsp3) is 0.800. The summed E-state index contributed by atoms with van der Waals surface area (Å²) in [6.07, 6.45) is 0.244. The molecule has 1 atom stereocenters. The number of hydrogen-bond donors (Lipinski definition) is 2. The largest absolute Gasteiger partial charge is 0.480 e. The zero-order valence-corrected chi connectivity index (χ0v) is 11.5. The summed E-state index contributed by atoms with van der Waals surface area (Å²) in [5, 5.41) is 17.6. The van der Waals surface area contributed by atoms with E-state index in [1.165, 1.54) is 11.9 Å². The number of urea groups is 1. The molecule has 1 fully saturated rings. The van der Waals surface area contributed by atoms with Crippen molar-refractivity contribution in [2.24, 2.45) is 0 Å². The monoisotopic (exact) mass is 294 g/mol. The van der Waals surface area contributed by atoms with Gasteiger partial charge in [0.2, 0.25) is 0 Å². The van der Waals surface area contributed by atoms with Crippen LogP contribution in [0.3, 0.4) is 0 Å². The van der Waals surface area contributed by atoms with Crippen LogP contribution in [0, 0.1) is 0 Å². The minimum absolute atomic E-state index is 0.0369. The highest BCUT2D eigenvalue weighted by Gasteiger charge is 2.36. The van der Waals surface area contributed by atoms with Crippen molar-refractivity contribution in [3.05, 3.63) is 0 Å². The molecule has 0 radical (unpaired) electrons. The molecule has 1 aliphatic heterocycles. The molecule has 9 heteroatoms. The summed E-state index contributed by atoms with van der Waals surface area (Å²) in [5.41, 5.74) is 0. The van der Waals surface area contributed by atoms with Gasteiger partial charge in [-0.05, 0) is 6.42 Å². The van der Waals surface area contributed by atoms with Gasteiger partial charge in [-0.3, -0.25) is 4.79 Å². The van der Waals surface area contributed by atoms with Crippen LogP contribution >= 0.6 is 0 Å². The van der Waals surface area contributed by atoms with Crippen molar-refractivity contribution in [1.82, 2.24) is 9.80 Å². The summed E-state index contributed by atoms with van der Waals surface area (Å²) in [6, 6.07) is -1.20. The number of carbonyl (C=O) groups excluding carboxylic acids is 1. The molecule has 1 rings (SSSR count). The van der Waals surface area contributed by atoms with Crippen LogP contribution in [0.5, 0.6) is 0 Å². The predicted molar refractivity (Wildman–Crippen MR) is 66.5 cm³/mol. The van der Waals surface area contributed by atoms with Gasteiger partial charge in [-0.1, -0.05) is 0 Å². The number of rotatable bonds is 5. The number of carbonyl (C=O) groups is 2. The lowest BCUT2D eigenvalue weighted by atomic mass is 10.2. The molecular formula is C10H18N2O6S. The van der Waals surface area contributed by atoms with Crippen LogP contribution in [0.1, 0.15) is 6.42 Å². The van der Waals surface area contributed by atoms with Gasteiger partial charge in [-0.15, -0.1) is 0 Å². The minimum atomic E-state index is -3.20. The molecule has 1 aliphatic rings. The van der Waals surface area contributed by atoms with Crippen LogP contribution in [-0.2, 0) is 14.6 Å². The Bertz CT molecular complexity index is 449. The number of carboxylic acids is 1. The minimum Gasteiger partial charge on any atom is -0.480 e. The van der Waals surface area contributed by atoms with Crippen LogP contribution in [-0.4, -0.2) is 84.7 Å². The second-order valence-electron chi connectivity index (χ2n) is 4.51. The summed E-state index contributed by atoms with van der Waals surface area (Å²) in [5.74, 6) is -1.45. The number of nitrogens with zero attached hydrogens (tertiary/aromatic N) is 2. The van der Waals surface area contributed by atoms with Gasteiger partial charge in [0.05, 0.1) is 18.1 Å². The van der Waals surface area contributed by atoms with Gasteiger partial charge >= 0.3 is 12.0 Å². The van der Waals surface area contributed by atoms with Gasteiger partial charge in [-0.25, -0.2) is 13.2 Å². The number of sulfone groups is 1. The van der Waals surface area contributed by atoms with Crippen molar-refractivity contribution in [2.75, 3.05) is 38.2 Å². The molecule has 2 N–H and O–H groups in total. The van der Waals surface area contributed by atoms with Crippen molar-refractivity contribution < 1.29 is 28.2 Å². The number of aliphatic carboxylic acids is 1. The third-order valence-electron chi connectivity index (χ3n) is 2.96. The number of aliphatic hydroxyl groups excluding tert-OH is 1. The Morgan fingerprint density at radius 1 is 1.37 bits per heavy atom. The molecule has 0 saturated carbocycles. The van der Waals surface area contributed by atoms with E-state index in [0.717, 1.165) is 4.90 Å². The maximum atomic E-state index is 12.0. The smallest absolute Gasteiger partial charge is 0.323 e. The van der Waals surface area contributed by atoms with Crippen LogP contribution in [0.4, 0.5) is 4.79 Å². The van der Waals surface area contributed by atoms with Crippen LogP contribution in [0.2, 0.25) is 0 Å². The van der Waals surface area contributed by atoms with Gasteiger partial charge in [-0.2, -0.15) is 0 Å². The molecule has 19 heavy (non-hydrogen) atoms. The molecule has 0 bridgehead atoms. The second-order valence-corrected chi connectivity index (χ2v) is 6.73. The lowest BCUT2D eigenvalue weighted by Crippen LogP contribution is -2.50. The van der Waals surface area contributed by atoms with E-state index in [0.29, 0.717) is 0 Å². The van der Waals surface area contributed by atoms with E-state index in [4.69, 9.17) is 10.2 Å². The van der Waals surface area contributed by atoms with E-state index in [9.17, 15) is 18.0 Å². The number of amides is 2. The molecule has 8 nitrogen and oxygen atoms in total. The van der Waals surface area contributed by atoms with Crippen molar-refractivity contribution in [2.45, 2.75) is 12.5 Å². The second kappa shape index (κ2) is 6.20. The Kier molecular flexibility index (Phi) is 5.12. The molecule has 0 aromatic heterocycles. The van der Waals surface area contributed by atoms with E-state index < -0.39 is 34.4 Å². The Labute approximate surface area is 111 Å². The molecule has 1 saturated heterocycles. The Morgan fingerprint density at radius 2 is 2.00 bits per heavy atom. The van der Waals surface area contributed by atoms with Gasteiger partial charge in [0.1, 0.15) is 6.54 Å². The molecule has 0 spiro atoms. The molecule has 0 aromatic rings. The van der Waals surface area contributed by atoms with Crippen LogP contribution in [0.15, 0.2) is 0 Å². The summed E-state index contributed by atoms with van der Waals surface area (Å²) in [7, 11) is -1.78. The van der Waals surface area contributed by atoms with Crippen LogP contribution in [0.25, 0.3) is 0 Å². The first-order valence-corrected chi connectivity index (χ1v) is 7.64. The zero-order chi connectivity index (χ0) is 14.6. The summed E-state index contributed by atoms with van der Waals surface area (Å²) in [4.78, 5) is 25.1. The maximum Gasteiger partial charge on any atom is 0.323 e. The lowest BCUT2D eigenvalue weighted by molar-refractivity contribution is -0.138. The van der Waals surface area contributed by atoms with Gasteiger partial charge < -0.3 is 20.0 Å². The molecule has 0 aromatic carbocycles. The summed E-state index contributed by atoms with van der Waals surface area (Å²) >= 11 is 0.